The zero-order valence-corrected chi connectivity index (χ0v) is 13.0. The molecule has 0 amide bonds. The molecule has 0 unspecified atom stereocenters. The second kappa shape index (κ2) is 6.16. The second-order valence-electron chi connectivity index (χ2n) is 5.85. The van der Waals surface area contributed by atoms with E-state index in [1.165, 1.54) is 0 Å². The molecule has 1 heterocycles. The van der Waals surface area contributed by atoms with Gasteiger partial charge in [-0.25, -0.2) is 4.98 Å². The van der Waals surface area contributed by atoms with E-state index < -0.39 is 0 Å². The average molecular weight is 274 g/mol. The highest BCUT2D eigenvalue weighted by atomic mass is 15.3. The monoisotopic (exact) mass is 274 g/mol. The van der Waals surface area contributed by atoms with Gasteiger partial charge >= 0.3 is 0 Å². The van der Waals surface area contributed by atoms with Crippen LogP contribution >= 0.6 is 0 Å². The molecule has 1 aromatic carbocycles. The zero-order chi connectivity index (χ0) is 14.7. The van der Waals surface area contributed by atoms with Crippen LogP contribution in [0.2, 0.25) is 0 Å². The Bertz CT molecular complexity index is 555. The Morgan fingerprint density at radius 2 is 1.95 bits per heavy atom. The van der Waals surface area contributed by atoms with Crippen LogP contribution in [-0.4, -0.2) is 22.6 Å². The number of rotatable bonds is 6. The number of nitrogen functional groups attached to an aromatic ring is 1. The minimum Gasteiger partial charge on any atom is -0.399 e. The van der Waals surface area contributed by atoms with E-state index >= 15 is 0 Å². The van der Waals surface area contributed by atoms with Crippen molar-refractivity contribution in [2.24, 2.45) is 5.92 Å². The summed E-state index contributed by atoms with van der Waals surface area (Å²) in [5.41, 5.74) is 8.60. The molecule has 0 aliphatic carbocycles. The predicted octanol–water partition coefficient (Wildman–Crippen LogP) is 3.80. The maximum Gasteiger partial charge on any atom is 0.204 e. The molecule has 20 heavy (non-hydrogen) atoms. The molecule has 2 aromatic rings. The van der Waals surface area contributed by atoms with Crippen molar-refractivity contribution in [1.82, 2.24) is 9.97 Å². The summed E-state index contributed by atoms with van der Waals surface area (Å²) in [5, 5.41) is 0. The topological polar surface area (TPSA) is 57.9 Å². The van der Waals surface area contributed by atoms with Gasteiger partial charge in [-0.05, 0) is 37.0 Å². The van der Waals surface area contributed by atoms with Crippen LogP contribution in [0, 0.1) is 5.92 Å². The third kappa shape index (κ3) is 3.06. The first kappa shape index (κ1) is 14.7. The van der Waals surface area contributed by atoms with Crippen molar-refractivity contribution >= 4 is 22.7 Å². The van der Waals surface area contributed by atoms with Gasteiger partial charge < -0.3 is 15.6 Å². The smallest absolute Gasteiger partial charge is 0.204 e. The van der Waals surface area contributed by atoms with Crippen LogP contribution in [0.3, 0.4) is 0 Å². The molecule has 0 saturated carbocycles. The van der Waals surface area contributed by atoms with Crippen LogP contribution in [0.5, 0.6) is 0 Å². The molecule has 110 valence electrons. The molecular weight excluding hydrogens is 248 g/mol. The summed E-state index contributed by atoms with van der Waals surface area (Å²) in [6.45, 7) is 9.98. The Hall–Kier alpha value is -1.71. The van der Waals surface area contributed by atoms with Crippen molar-refractivity contribution in [3.8, 4) is 0 Å². The fraction of sp³-hybridized carbons (Fsp3) is 0.562. The van der Waals surface area contributed by atoms with Gasteiger partial charge in [0.25, 0.3) is 0 Å². The van der Waals surface area contributed by atoms with Gasteiger partial charge in [-0.2, -0.15) is 0 Å². The standard InChI is InChI=1S/C16H26N4/c1-5-13(6-2)20(10-11(3)4)16-18-14-8-7-12(17)9-15(14)19-16/h7-9,11,13H,5-6,10,17H2,1-4H3,(H,18,19). The molecule has 0 saturated heterocycles. The van der Waals surface area contributed by atoms with Gasteiger partial charge in [0.15, 0.2) is 0 Å². The number of H-pyrrole nitrogens is 1. The summed E-state index contributed by atoms with van der Waals surface area (Å²) in [6, 6.07) is 6.35. The first-order valence-corrected chi connectivity index (χ1v) is 7.57. The minimum atomic E-state index is 0.523. The SMILES string of the molecule is CCC(CC)N(CC(C)C)c1nc2ccc(N)cc2[nH]1. The molecule has 3 N–H and O–H groups in total. The van der Waals surface area contributed by atoms with Crippen molar-refractivity contribution in [2.45, 2.75) is 46.6 Å². The van der Waals surface area contributed by atoms with Crippen molar-refractivity contribution in [2.75, 3.05) is 17.2 Å². The third-order valence-electron chi connectivity index (χ3n) is 3.71. The number of fused-ring (bicyclic) bond motifs is 1. The molecule has 4 nitrogen and oxygen atoms in total. The third-order valence-corrected chi connectivity index (χ3v) is 3.71. The quantitative estimate of drug-likeness (QED) is 0.788. The number of nitrogens with two attached hydrogens (primary N) is 1. The molecule has 2 rings (SSSR count). The molecule has 0 spiro atoms. The summed E-state index contributed by atoms with van der Waals surface area (Å²) in [6.07, 6.45) is 2.25. The van der Waals surface area contributed by atoms with E-state index in [0.29, 0.717) is 12.0 Å². The lowest BCUT2D eigenvalue weighted by atomic mass is 10.1. The normalized spacial score (nSPS) is 11.7. The zero-order valence-electron chi connectivity index (χ0n) is 13.0. The molecule has 0 atom stereocenters. The predicted molar refractivity (Wildman–Crippen MR) is 87.1 cm³/mol. The van der Waals surface area contributed by atoms with Crippen LogP contribution in [0.4, 0.5) is 11.6 Å². The maximum atomic E-state index is 5.84. The Balaban J connectivity index is 2.39. The Morgan fingerprint density at radius 1 is 1.25 bits per heavy atom. The van der Waals surface area contributed by atoms with Gasteiger partial charge in [-0.15, -0.1) is 0 Å². The van der Waals surface area contributed by atoms with Gasteiger partial charge in [0.2, 0.25) is 5.95 Å². The van der Waals surface area contributed by atoms with Gasteiger partial charge in [-0.1, -0.05) is 27.7 Å². The lowest BCUT2D eigenvalue weighted by molar-refractivity contribution is 0.500. The van der Waals surface area contributed by atoms with E-state index in [1.807, 2.05) is 18.2 Å². The van der Waals surface area contributed by atoms with Gasteiger partial charge in [0.05, 0.1) is 11.0 Å². The van der Waals surface area contributed by atoms with Crippen molar-refractivity contribution in [3.05, 3.63) is 18.2 Å². The summed E-state index contributed by atoms with van der Waals surface area (Å²) in [4.78, 5) is 10.6. The number of hydrogen-bond acceptors (Lipinski definition) is 3. The van der Waals surface area contributed by atoms with E-state index in [2.05, 4.69) is 37.6 Å². The Morgan fingerprint density at radius 3 is 2.55 bits per heavy atom. The molecular formula is C16H26N4. The van der Waals surface area contributed by atoms with Gasteiger partial charge in [0, 0.05) is 18.3 Å². The second-order valence-corrected chi connectivity index (χ2v) is 5.85. The lowest BCUT2D eigenvalue weighted by Gasteiger charge is -2.31. The van der Waals surface area contributed by atoms with Crippen LogP contribution in [0.1, 0.15) is 40.5 Å². The summed E-state index contributed by atoms with van der Waals surface area (Å²) >= 11 is 0. The molecule has 0 bridgehead atoms. The van der Waals surface area contributed by atoms with Crippen molar-refractivity contribution in [3.63, 3.8) is 0 Å². The van der Waals surface area contributed by atoms with Crippen LogP contribution in [0.25, 0.3) is 11.0 Å². The molecule has 0 aliphatic heterocycles. The number of anilines is 2. The minimum absolute atomic E-state index is 0.523. The van der Waals surface area contributed by atoms with E-state index in [4.69, 9.17) is 10.7 Å². The summed E-state index contributed by atoms with van der Waals surface area (Å²) in [7, 11) is 0. The van der Waals surface area contributed by atoms with Gasteiger partial charge in [0.1, 0.15) is 0 Å². The van der Waals surface area contributed by atoms with Gasteiger partial charge in [-0.3, -0.25) is 0 Å². The number of aromatic amines is 1. The largest absolute Gasteiger partial charge is 0.399 e. The molecule has 4 heteroatoms. The summed E-state index contributed by atoms with van der Waals surface area (Å²) < 4.78 is 0. The first-order chi connectivity index (χ1) is 9.55. The van der Waals surface area contributed by atoms with E-state index in [9.17, 15) is 0 Å². The maximum absolute atomic E-state index is 5.84. The Labute approximate surface area is 121 Å². The van der Waals surface area contributed by atoms with Crippen LogP contribution in [0.15, 0.2) is 18.2 Å². The van der Waals surface area contributed by atoms with E-state index in [-0.39, 0.29) is 0 Å². The Kier molecular flexibility index (Phi) is 4.53. The van der Waals surface area contributed by atoms with Crippen molar-refractivity contribution < 1.29 is 0 Å². The van der Waals surface area contributed by atoms with E-state index in [1.54, 1.807) is 0 Å². The molecule has 1 aromatic heterocycles. The first-order valence-electron chi connectivity index (χ1n) is 7.57. The highest BCUT2D eigenvalue weighted by Gasteiger charge is 2.20. The van der Waals surface area contributed by atoms with E-state index in [0.717, 1.165) is 42.1 Å². The summed E-state index contributed by atoms with van der Waals surface area (Å²) in [5.74, 6) is 1.57. The van der Waals surface area contributed by atoms with Crippen LogP contribution < -0.4 is 10.6 Å². The molecule has 0 radical (unpaired) electrons. The number of imidazole rings is 1. The number of nitrogens with one attached hydrogen (secondary N) is 1. The fourth-order valence-corrected chi connectivity index (χ4v) is 2.68. The number of hydrogen-bond donors (Lipinski definition) is 2. The number of benzene rings is 1. The molecule has 0 aliphatic rings. The highest BCUT2D eigenvalue weighted by molar-refractivity contribution is 5.80. The number of aromatic nitrogens is 2. The van der Waals surface area contributed by atoms with Crippen molar-refractivity contribution in [1.29, 1.82) is 0 Å². The van der Waals surface area contributed by atoms with Crippen LogP contribution in [-0.2, 0) is 0 Å². The fourth-order valence-electron chi connectivity index (χ4n) is 2.68. The molecule has 0 fully saturated rings. The lowest BCUT2D eigenvalue weighted by Crippen LogP contribution is -2.38. The average Bonchev–Trinajstić information content (AvgIpc) is 2.81. The number of nitrogens with zero attached hydrogens (tertiary/aromatic N) is 2. The highest BCUT2D eigenvalue weighted by Crippen LogP contribution is 2.23.